The molecule has 0 saturated heterocycles. The summed E-state index contributed by atoms with van der Waals surface area (Å²) in [6.45, 7) is 0. The predicted molar refractivity (Wildman–Crippen MR) is 131 cm³/mol. The number of hydrogen-bond donors (Lipinski definition) is 1. The number of carbonyl (C=O) groups is 1. The number of ketones is 1. The highest BCUT2D eigenvalue weighted by Crippen LogP contribution is 2.65. The number of halogens is 2. The zero-order valence-corrected chi connectivity index (χ0v) is 21.5. The van der Waals surface area contributed by atoms with Crippen LogP contribution in [0.5, 0.6) is 5.75 Å². The molecule has 1 aromatic carbocycles. The first-order valence-electron chi connectivity index (χ1n) is 10.7. The van der Waals surface area contributed by atoms with E-state index in [0.717, 1.165) is 8.79 Å². The lowest BCUT2D eigenvalue weighted by molar-refractivity contribution is -0.156. The third-order valence-corrected chi connectivity index (χ3v) is 9.92. The van der Waals surface area contributed by atoms with Crippen LogP contribution < -0.4 is 4.74 Å². The molecule has 1 unspecified atom stereocenters. The molecule has 2 aliphatic carbocycles. The van der Waals surface area contributed by atoms with Gasteiger partial charge in [0.25, 0.3) is 0 Å². The van der Waals surface area contributed by atoms with Crippen LogP contribution in [0, 0.1) is 5.92 Å². The second kappa shape index (κ2) is 7.99. The second-order valence-corrected chi connectivity index (χ2v) is 12.5. The number of allylic oxidation sites excluding steroid dienone is 3. The van der Waals surface area contributed by atoms with Crippen molar-refractivity contribution in [3.05, 3.63) is 81.6 Å². The van der Waals surface area contributed by atoms with Gasteiger partial charge in [-0.1, -0.05) is 76.1 Å². The highest BCUT2D eigenvalue weighted by molar-refractivity contribution is 9.11. The number of pyridine rings is 1. The smallest absolute Gasteiger partial charge is 0.224 e. The molecule has 0 spiro atoms. The normalized spacial score (nSPS) is 32.4. The molecule has 2 aromatic rings. The molecule has 1 N–H and O–H groups in total. The minimum Gasteiger partial charge on any atom is -0.480 e. The maximum atomic E-state index is 14.1. The van der Waals surface area contributed by atoms with Gasteiger partial charge >= 0.3 is 0 Å². The minimum atomic E-state index is -4.16. The number of sulfonamides is 1. The minimum absolute atomic E-state index is 0.0127. The standard InChI is InChI=1S/C24H22BrClN2O5S/c1-28(2)34(31,32)20-19(14-6-4-3-5-7-14)24(15-8-10-16(25)11-9-15)23(30,22(20)29)21-18(33-24)12-17(26)13-27-21/h3-8,10-13,15,19-20,30H,9H2,1-2H3/t15?,19-,20-,23+,24+/m1/s1. The van der Waals surface area contributed by atoms with Gasteiger partial charge < -0.3 is 9.84 Å². The first kappa shape index (κ1) is 23.7. The number of hydrogen-bond acceptors (Lipinski definition) is 6. The van der Waals surface area contributed by atoms with Crippen LogP contribution in [0.4, 0.5) is 0 Å². The Labute approximate surface area is 211 Å². The largest absolute Gasteiger partial charge is 0.480 e. The van der Waals surface area contributed by atoms with Gasteiger partial charge in [0.15, 0.2) is 11.4 Å². The molecule has 10 heteroatoms. The summed E-state index contributed by atoms with van der Waals surface area (Å²) in [5.41, 5.74) is -3.42. The molecule has 178 valence electrons. The molecule has 0 amide bonds. The molecule has 5 atom stereocenters. The molecule has 7 nitrogen and oxygen atoms in total. The summed E-state index contributed by atoms with van der Waals surface area (Å²) < 4.78 is 35.6. The van der Waals surface area contributed by atoms with E-state index in [-0.39, 0.29) is 16.5 Å². The van der Waals surface area contributed by atoms with Crippen molar-refractivity contribution in [3.63, 3.8) is 0 Å². The van der Waals surface area contributed by atoms with E-state index in [9.17, 15) is 18.3 Å². The Balaban J connectivity index is 1.86. The molecule has 1 aliphatic heterocycles. The van der Waals surface area contributed by atoms with Crippen LogP contribution in [0.15, 0.2) is 65.3 Å². The van der Waals surface area contributed by atoms with E-state index in [1.54, 1.807) is 30.3 Å². The van der Waals surface area contributed by atoms with E-state index in [1.165, 1.54) is 26.4 Å². The maximum absolute atomic E-state index is 14.1. The quantitative estimate of drug-likeness (QED) is 0.609. The topological polar surface area (TPSA) is 96.8 Å². The highest BCUT2D eigenvalue weighted by atomic mass is 79.9. The van der Waals surface area contributed by atoms with Crippen LogP contribution in [-0.2, 0) is 20.4 Å². The molecule has 34 heavy (non-hydrogen) atoms. The molecule has 3 aliphatic rings. The van der Waals surface area contributed by atoms with Crippen LogP contribution in [0.2, 0.25) is 5.02 Å². The first-order valence-corrected chi connectivity index (χ1v) is 13.3. The van der Waals surface area contributed by atoms with Crippen LogP contribution in [0.1, 0.15) is 23.6 Å². The molecule has 2 heterocycles. The maximum Gasteiger partial charge on any atom is 0.224 e. The number of nitrogens with zero attached hydrogens (tertiary/aromatic N) is 2. The van der Waals surface area contributed by atoms with Crippen LogP contribution in [-0.4, -0.2) is 53.5 Å². The highest BCUT2D eigenvalue weighted by Gasteiger charge is 2.80. The number of fused-ring (bicyclic) bond motifs is 3. The number of aliphatic hydroxyl groups is 1. The molecule has 0 radical (unpaired) electrons. The summed E-state index contributed by atoms with van der Waals surface area (Å²) in [4.78, 5) is 18.4. The Morgan fingerprint density at radius 3 is 2.59 bits per heavy atom. The van der Waals surface area contributed by atoms with Crippen molar-refractivity contribution in [2.24, 2.45) is 5.92 Å². The van der Waals surface area contributed by atoms with Crippen molar-refractivity contribution in [1.82, 2.24) is 9.29 Å². The fourth-order valence-electron chi connectivity index (χ4n) is 5.50. The fourth-order valence-corrected chi connectivity index (χ4v) is 7.58. The van der Waals surface area contributed by atoms with Gasteiger partial charge in [0.05, 0.1) is 10.9 Å². The summed E-state index contributed by atoms with van der Waals surface area (Å²) in [5, 5.41) is 11.0. The van der Waals surface area contributed by atoms with Gasteiger partial charge in [0.2, 0.25) is 15.6 Å². The van der Waals surface area contributed by atoms with Crippen molar-refractivity contribution in [1.29, 1.82) is 0 Å². The number of carbonyl (C=O) groups excluding carboxylic acids is 1. The summed E-state index contributed by atoms with van der Waals surface area (Å²) in [7, 11) is -1.41. The van der Waals surface area contributed by atoms with Crippen molar-refractivity contribution < 1.29 is 23.1 Å². The monoisotopic (exact) mass is 564 g/mol. The molecule has 1 saturated carbocycles. The molecule has 0 bridgehead atoms. The van der Waals surface area contributed by atoms with E-state index in [0.29, 0.717) is 12.0 Å². The van der Waals surface area contributed by atoms with Crippen molar-refractivity contribution >= 4 is 43.3 Å². The van der Waals surface area contributed by atoms with Crippen molar-refractivity contribution in [2.45, 2.75) is 28.8 Å². The van der Waals surface area contributed by atoms with Crippen LogP contribution >= 0.6 is 27.5 Å². The average Bonchev–Trinajstić information content (AvgIpc) is 3.17. The Bertz CT molecular complexity index is 1350. The number of ether oxygens (including phenoxy) is 1. The van der Waals surface area contributed by atoms with Crippen molar-refractivity contribution in [2.75, 3.05) is 14.1 Å². The lowest BCUT2D eigenvalue weighted by atomic mass is 9.67. The zero-order valence-electron chi connectivity index (χ0n) is 18.4. The third-order valence-electron chi connectivity index (χ3n) is 6.98. The van der Waals surface area contributed by atoms with Gasteiger partial charge in [-0.15, -0.1) is 0 Å². The summed E-state index contributed by atoms with van der Waals surface area (Å²) in [6.07, 6.45) is 7.30. The Hall–Kier alpha value is -2.04. The van der Waals surface area contributed by atoms with Gasteiger partial charge in [0.1, 0.15) is 16.7 Å². The first-order chi connectivity index (χ1) is 16.0. The van der Waals surface area contributed by atoms with E-state index < -0.39 is 44.1 Å². The Morgan fingerprint density at radius 1 is 1.26 bits per heavy atom. The molecule has 1 fully saturated rings. The molecule has 1 aromatic heterocycles. The zero-order chi connectivity index (χ0) is 24.5. The number of benzene rings is 1. The van der Waals surface area contributed by atoms with Gasteiger partial charge in [0, 0.05) is 36.8 Å². The number of rotatable bonds is 4. The molecular weight excluding hydrogens is 544 g/mol. The van der Waals surface area contributed by atoms with Gasteiger partial charge in [-0.2, -0.15) is 0 Å². The molecular formula is C24H22BrClN2O5S. The van der Waals surface area contributed by atoms with Gasteiger partial charge in [-0.3, -0.25) is 9.78 Å². The van der Waals surface area contributed by atoms with Crippen molar-refractivity contribution in [3.8, 4) is 5.75 Å². The Kier molecular flexibility index (Phi) is 5.57. The number of Topliss-reactive ketones (excluding diaryl/α,β-unsaturated/α-hetero) is 1. The summed E-state index contributed by atoms with van der Waals surface area (Å²) in [6, 6.07) is 10.4. The van der Waals surface area contributed by atoms with E-state index >= 15 is 0 Å². The SMILES string of the molecule is CN(C)S(=O)(=O)[C@H]1C(=O)[C@@]2(O)c3ncc(Cl)cc3O[C@@]2(C2C=CC(Br)=CC2)[C@@H]1c1ccccc1. The van der Waals surface area contributed by atoms with Gasteiger partial charge in [-0.25, -0.2) is 12.7 Å². The van der Waals surface area contributed by atoms with Crippen LogP contribution in [0.25, 0.3) is 0 Å². The third kappa shape index (κ3) is 3.04. The van der Waals surface area contributed by atoms with E-state index in [2.05, 4.69) is 20.9 Å². The van der Waals surface area contributed by atoms with E-state index in [1.807, 2.05) is 18.2 Å². The lowest BCUT2D eigenvalue weighted by Crippen LogP contribution is -2.58. The Morgan fingerprint density at radius 2 is 1.97 bits per heavy atom. The van der Waals surface area contributed by atoms with E-state index in [4.69, 9.17) is 16.3 Å². The van der Waals surface area contributed by atoms with Crippen LogP contribution in [0.3, 0.4) is 0 Å². The second-order valence-electron chi connectivity index (χ2n) is 8.90. The lowest BCUT2D eigenvalue weighted by Gasteiger charge is -2.43. The predicted octanol–water partition coefficient (Wildman–Crippen LogP) is 3.54. The summed E-state index contributed by atoms with van der Waals surface area (Å²) >= 11 is 9.62. The fraction of sp³-hybridized carbons (Fsp3) is 0.333. The molecule has 5 rings (SSSR count). The summed E-state index contributed by atoms with van der Waals surface area (Å²) in [5.74, 6) is -2.24. The number of aromatic nitrogens is 1. The van der Waals surface area contributed by atoms with Gasteiger partial charge in [-0.05, 0) is 12.0 Å². The average molecular weight is 566 g/mol.